The van der Waals surface area contributed by atoms with E-state index < -0.39 is 0 Å². The van der Waals surface area contributed by atoms with Crippen LogP contribution < -0.4 is 10.6 Å². The number of hydrogen-bond acceptors (Lipinski definition) is 3. The summed E-state index contributed by atoms with van der Waals surface area (Å²) in [7, 11) is 0. The quantitative estimate of drug-likeness (QED) is 0.675. The highest BCUT2D eigenvalue weighted by Gasteiger charge is 2.24. The summed E-state index contributed by atoms with van der Waals surface area (Å²) in [4.78, 5) is 19.0. The van der Waals surface area contributed by atoms with Crippen LogP contribution in [-0.4, -0.2) is 29.0 Å². The Morgan fingerprint density at radius 3 is 2.68 bits per heavy atom. The maximum atomic E-state index is 12.4. The number of benzene rings is 1. The number of halogens is 1. The fourth-order valence-corrected chi connectivity index (χ4v) is 4.12. The first-order valence-electron chi connectivity index (χ1n) is 9.61. The molecule has 1 aliphatic rings. The SMILES string of the molecule is C=C(c1cc(Br)ccc1NC(=O)NCc1ccccn1)N1C[C@H](C)C[C@H](C)C1. The van der Waals surface area contributed by atoms with E-state index in [0.29, 0.717) is 18.4 Å². The Bertz CT molecular complexity index is 830. The van der Waals surface area contributed by atoms with E-state index in [9.17, 15) is 4.79 Å². The van der Waals surface area contributed by atoms with Crippen molar-refractivity contribution >= 4 is 33.3 Å². The number of aromatic nitrogens is 1. The second-order valence-corrected chi connectivity index (χ2v) is 8.53. The number of nitrogens with zero attached hydrogens (tertiary/aromatic N) is 2. The minimum absolute atomic E-state index is 0.262. The normalized spacial score (nSPS) is 19.2. The summed E-state index contributed by atoms with van der Waals surface area (Å²) < 4.78 is 0.959. The molecule has 0 radical (unpaired) electrons. The predicted octanol–water partition coefficient (Wildman–Crippen LogP) is 5.11. The first-order valence-corrected chi connectivity index (χ1v) is 10.4. The maximum Gasteiger partial charge on any atom is 0.319 e. The van der Waals surface area contributed by atoms with Crippen molar-refractivity contribution < 1.29 is 4.79 Å². The molecule has 2 N–H and O–H groups in total. The Hall–Kier alpha value is -2.34. The summed E-state index contributed by atoms with van der Waals surface area (Å²) in [5.74, 6) is 1.26. The molecule has 0 spiro atoms. The van der Waals surface area contributed by atoms with Crippen LogP contribution >= 0.6 is 15.9 Å². The number of urea groups is 1. The molecular formula is C22H27BrN4O. The van der Waals surface area contributed by atoms with Gasteiger partial charge in [-0.15, -0.1) is 0 Å². The second kappa shape index (κ2) is 9.24. The van der Waals surface area contributed by atoms with Crippen molar-refractivity contribution in [3.8, 4) is 0 Å². The van der Waals surface area contributed by atoms with Crippen LogP contribution in [0.2, 0.25) is 0 Å². The molecule has 5 nitrogen and oxygen atoms in total. The Kier molecular flexibility index (Phi) is 6.73. The van der Waals surface area contributed by atoms with E-state index >= 15 is 0 Å². The van der Waals surface area contributed by atoms with Crippen LogP contribution in [0.5, 0.6) is 0 Å². The van der Waals surface area contributed by atoms with Crippen molar-refractivity contribution in [2.45, 2.75) is 26.8 Å². The number of hydrogen-bond donors (Lipinski definition) is 2. The zero-order chi connectivity index (χ0) is 20.1. The van der Waals surface area contributed by atoms with E-state index in [1.54, 1.807) is 6.20 Å². The van der Waals surface area contributed by atoms with Crippen molar-refractivity contribution in [1.82, 2.24) is 15.2 Å². The predicted molar refractivity (Wildman–Crippen MR) is 118 cm³/mol. The molecule has 2 amide bonds. The van der Waals surface area contributed by atoms with Crippen LogP contribution in [0.1, 0.15) is 31.5 Å². The minimum Gasteiger partial charge on any atom is -0.371 e. The number of pyridine rings is 1. The average molecular weight is 443 g/mol. The van der Waals surface area contributed by atoms with E-state index in [0.717, 1.165) is 40.2 Å². The molecule has 2 heterocycles. The molecule has 1 aromatic carbocycles. The van der Waals surface area contributed by atoms with E-state index in [2.05, 4.69) is 56.9 Å². The highest BCUT2D eigenvalue weighted by atomic mass is 79.9. The van der Waals surface area contributed by atoms with Gasteiger partial charge in [0.25, 0.3) is 0 Å². The number of likely N-dealkylation sites (tertiary alicyclic amines) is 1. The van der Waals surface area contributed by atoms with Gasteiger partial charge in [0.1, 0.15) is 0 Å². The summed E-state index contributed by atoms with van der Waals surface area (Å²) in [6.07, 6.45) is 2.95. The lowest BCUT2D eigenvalue weighted by atomic mass is 9.91. The van der Waals surface area contributed by atoms with Crippen LogP contribution in [0.3, 0.4) is 0 Å². The van der Waals surface area contributed by atoms with Gasteiger partial charge in [-0.2, -0.15) is 0 Å². The third-order valence-corrected chi connectivity index (χ3v) is 5.44. The lowest BCUT2D eigenvalue weighted by molar-refractivity contribution is 0.204. The topological polar surface area (TPSA) is 57.3 Å². The van der Waals surface area contributed by atoms with Gasteiger partial charge in [0.15, 0.2) is 0 Å². The standard InChI is InChI=1S/C22H27BrN4O/c1-15-10-16(2)14-27(13-15)17(3)20-11-18(23)7-8-21(20)26-22(28)25-12-19-6-4-5-9-24-19/h4-9,11,15-16H,3,10,12-14H2,1-2H3,(H2,25,26,28)/t15-,16+. The molecule has 1 saturated heterocycles. The molecule has 0 aliphatic carbocycles. The number of anilines is 1. The van der Waals surface area contributed by atoms with Crippen molar-refractivity contribution in [3.05, 3.63) is 64.9 Å². The molecule has 28 heavy (non-hydrogen) atoms. The number of nitrogens with one attached hydrogen (secondary N) is 2. The van der Waals surface area contributed by atoms with Crippen LogP contribution in [-0.2, 0) is 6.54 Å². The number of carbonyl (C=O) groups excluding carboxylic acids is 1. The van der Waals surface area contributed by atoms with Gasteiger partial charge < -0.3 is 15.5 Å². The third-order valence-electron chi connectivity index (χ3n) is 4.95. The molecule has 1 aliphatic heterocycles. The van der Waals surface area contributed by atoms with Crippen molar-refractivity contribution in [1.29, 1.82) is 0 Å². The molecule has 0 bridgehead atoms. The Balaban J connectivity index is 1.71. The summed E-state index contributed by atoms with van der Waals surface area (Å²) >= 11 is 3.54. The summed E-state index contributed by atoms with van der Waals surface area (Å²) in [5.41, 5.74) is 3.44. The fraction of sp³-hybridized carbons (Fsp3) is 0.364. The van der Waals surface area contributed by atoms with E-state index in [1.807, 2.05) is 36.4 Å². The zero-order valence-corrected chi connectivity index (χ0v) is 18.0. The maximum absolute atomic E-state index is 12.4. The Morgan fingerprint density at radius 2 is 2.00 bits per heavy atom. The summed E-state index contributed by atoms with van der Waals surface area (Å²) in [5, 5.41) is 5.82. The van der Waals surface area contributed by atoms with Gasteiger partial charge in [0, 0.05) is 35.0 Å². The highest BCUT2D eigenvalue weighted by molar-refractivity contribution is 9.10. The molecule has 2 aromatic rings. The molecule has 1 fully saturated rings. The monoisotopic (exact) mass is 442 g/mol. The van der Waals surface area contributed by atoms with E-state index in [1.165, 1.54) is 6.42 Å². The van der Waals surface area contributed by atoms with Gasteiger partial charge in [-0.3, -0.25) is 4.98 Å². The van der Waals surface area contributed by atoms with Crippen molar-refractivity contribution in [2.75, 3.05) is 18.4 Å². The largest absolute Gasteiger partial charge is 0.371 e. The van der Waals surface area contributed by atoms with Gasteiger partial charge in [-0.05, 0) is 48.6 Å². The van der Waals surface area contributed by atoms with Crippen molar-refractivity contribution in [3.63, 3.8) is 0 Å². The first kappa shape index (κ1) is 20.4. The number of piperidine rings is 1. The van der Waals surface area contributed by atoms with Gasteiger partial charge in [-0.25, -0.2) is 4.79 Å². The van der Waals surface area contributed by atoms with Gasteiger partial charge in [0.2, 0.25) is 0 Å². The fourth-order valence-electron chi connectivity index (χ4n) is 3.76. The lowest BCUT2D eigenvalue weighted by Crippen LogP contribution is -2.37. The molecule has 2 atom stereocenters. The van der Waals surface area contributed by atoms with Crippen LogP contribution in [0, 0.1) is 11.8 Å². The van der Waals surface area contributed by atoms with Crippen LogP contribution in [0.4, 0.5) is 10.5 Å². The first-order chi connectivity index (χ1) is 13.4. The molecule has 0 saturated carbocycles. The van der Waals surface area contributed by atoms with Gasteiger partial charge in [0.05, 0.1) is 17.9 Å². The van der Waals surface area contributed by atoms with E-state index in [4.69, 9.17) is 0 Å². The molecule has 6 heteroatoms. The van der Waals surface area contributed by atoms with Crippen LogP contribution in [0.25, 0.3) is 5.70 Å². The smallest absolute Gasteiger partial charge is 0.319 e. The van der Waals surface area contributed by atoms with Crippen LogP contribution in [0.15, 0.2) is 53.6 Å². The molecule has 0 unspecified atom stereocenters. The van der Waals surface area contributed by atoms with Gasteiger partial charge >= 0.3 is 6.03 Å². The Morgan fingerprint density at radius 1 is 1.25 bits per heavy atom. The summed E-state index contributed by atoms with van der Waals surface area (Å²) in [6, 6.07) is 11.2. The molecular weight excluding hydrogens is 416 g/mol. The lowest BCUT2D eigenvalue weighted by Gasteiger charge is -2.38. The zero-order valence-electron chi connectivity index (χ0n) is 16.4. The van der Waals surface area contributed by atoms with E-state index in [-0.39, 0.29) is 6.03 Å². The number of amides is 2. The molecule has 3 rings (SSSR count). The number of carbonyl (C=O) groups is 1. The highest BCUT2D eigenvalue weighted by Crippen LogP contribution is 2.32. The third kappa shape index (κ3) is 5.35. The summed E-state index contributed by atoms with van der Waals surface area (Å²) in [6.45, 7) is 11.3. The van der Waals surface area contributed by atoms with Crippen molar-refractivity contribution in [2.24, 2.45) is 11.8 Å². The second-order valence-electron chi connectivity index (χ2n) is 7.62. The Labute approximate surface area is 175 Å². The molecule has 148 valence electrons. The van der Waals surface area contributed by atoms with Gasteiger partial charge in [-0.1, -0.05) is 42.4 Å². The molecule has 1 aromatic heterocycles. The number of rotatable bonds is 5. The average Bonchev–Trinajstić information content (AvgIpc) is 2.67. The minimum atomic E-state index is -0.262.